The molecule has 1 fully saturated rings. The number of hydrogen-bond acceptors (Lipinski definition) is 2. The molecule has 2 unspecified atom stereocenters. The Bertz CT molecular complexity index is 208. The average Bonchev–Trinajstić information content (AvgIpc) is 2.51. The van der Waals surface area contributed by atoms with Crippen molar-refractivity contribution >= 4 is 5.78 Å². The van der Waals surface area contributed by atoms with Crippen molar-refractivity contribution in [3.63, 3.8) is 0 Å². The van der Waals surface area contributed by atoms with Gasteiger partial charge in [0.05, 0.1) is 6.10 Å². The van der Waals surface area contributed by atoms with Gasteiger partial charge in [0.2, 0.25) is 0 Å². The van der Waals surface area contributed by atoms with Crippen molar-refractivity contribution < 1.29 is 9.53 Å². The molecule has 2 atom stereocenters. The fourth-order valence-corrected chi connectivity index (χ4v) is 1.52. The topological polar surface area (TPSA) is 26.3 Å². The molecule has 1 aliphatic rings. The highest BCUT2D eigenvalue weighted by Crippen LogP contribution is 2.21. The predicted molar refractivity (Wildman–Crippen MR) is 52.6 cm³/mol. The second-order valence-electron chi connectivity index (χ2n) is 3.76. The van der Waals surface area contributed by atoms with Gasteiger partial charge in [-0.15, -0.1) is 0 Å². The molecular formula is C11H18O2. The fourth-order valence-electron chi connectivity index (χ4n) is 1.52. The van der Waals surface area contributed by atoms with Crippen LogP contribution in [0.5, 0.6) is 0 Å². The Morgan fingerprint density at radius 1 is 1.54 bits per heavy atom. The normalized spacial score (nSPS) is 27.5. The molecule has 2 nitrogen and oxygen atoms in total. The van der Waals surface area contributed by atoms with E-state index in [4.69, 9.17) is 4.74 Å². The maximum absolute atomic E-state index is 11.6. The minimum atomic E-state index is -0.154. The van der Waals surface area contributed by atoms with Gasteiger partial charge in [-0.05, 0) is 26.2 Å². The number of hydrogen-bond donors (Lipinski definition) is 0. The first-order chi connectivity index (χ1) is 6.13. The van der Waals surface area contributed by atoms with E-state index in [0.717, 1.165) is 24.8 Å². The average molecular weight is 182 g/mol. The summed E-state index contributed by atoms with van der Waals surface area (Å²) in [6.45, 7) is 7.86. The van der Waals surface area contributed by atoms with Crippen molar-refractivity contribution in [1.29, 1.82) is 0 Å². The SMILES string of the molecule is C=C(CC)CC(=O)C1CCC(C)O1. The Balaban J connectivity index is 2.36. The summed E-state index contributed by atoms with van der Waals surface area (Å²) in [6, 6.07) is 0. The standard InChI is InChI=1S/C11H18O2/c1-4-8(2)7-10(12)11-6-5-9(3)13-11/h9,11H,2,4-7H2,1,3H3. The fraction of sp³-hybridized carbons (Fsp3) is 0.727. The summed E-state index contributed by atoms with van der Waals surface area (Å²) in [6.07, 6.45) is 3.37. The number of carbonyl (C=O) groups excluding carboxylic acids is 1. The quantitative estimate of drug-likeness (QED) is 0.624. The zero-order valence-electron chi connectivity index (χ0n) is 8.51. The highest BCUT2D eigenvalue weighted by molar-refractivity contribution is 5.85. The number of carbonyl (C=O) groups is 1. The highest BCUT2D eigenvalue weighted by Gasteiger charge is 2.27. The Kier molecular flexibility index (Phi) is 3.67. The molecule has 0 radical (unpaired) electrons. The van der Waals surface area contributed by atoms with Gasteiger partial charge in [-0.2, -0.15) is 0 Å². The third-order valence-electron chi connectivity index (χ3n) is 2.52. The van der Waals surface area contributed by atoms with Crippen LogP contribution < -0.4 is 0 Å². The molecule has 0 saturated carbocycles. The zero-order chi connectivity index (χ0) is 9.84. The molecule has 0 aromatic heterocycles. The van der Waals surface area contributed by atoms with E-state index < -0.39 is 0 Å². The Morgan fingerprint density at radius 2 is 2.23 bits per heavy atom. The number of rotatable bonds is 4. The van der Waals surface area contributed by atoms with Crippen LogP contribution in [0.4, 0.5) is 0 Å². The van der Waals surface area contributed by atoms with E-state index in [1.807, 2.05) is 13.8 Å². The summed E-state index contributed by atoms with van der Waals surface area (Å²) in [7, 11) is 0. The molecule has 0 amide bonds. The van der Waals surface area contributed by atoms with E-state index in [2.05, 4.69) is 6.58 Å². The molecule has 0 bridgehead atoms. The van der Waals surface area contributed by atoms with Gasteiger partial charge in [-0.25, -0.2) is 0 Å². The van der Waals surface area contributed by atoms with Gasteiger partial charge in [0.1, 0.15) is 6.10 Å². The van der Waals surface area contributed by atoms with Crippen molar-refractivity contribution in [2.75, 3.05) is 0 Å². The first kappa shape index (κ1) is 10.5. The second kappa shape index (κ2) is 4.56. The molecular weight excluding hydrogens is 164 g/mol. The lowest BCUT2D eigenvalue weighted by molar-refractivity contribution is -0.128. The molecule has 1 aliphatic heterocycles. The Morgan fingerprint density at radius 3 is 2.69 bits per heavy atom. The number of ether oxygens (including phenoxy) is 1. The van der Waals surface area contributed by atoms with Gasteiger partial charge in [-0.3, -0.25) is 4.79 Å². The molecule has 1 saturated heterocycles. The molecule has 1 rings (SSSR count). The molecule has 13 heavy (non-hydrogen) atoms. The van der Waals surface area contributed by atoms with E-state index >= 15 is 0 Å². The lowest BCUT2D eigenvalue weighted by Crippen LogP contribution is -2.20. The Labute approximate surface area is 80.0 Å². The second-order valence-corrected chi connectivity index (χ2v) is 3.76. The summed E-state index contributed by atoms with van der Waals surface area (Å²) in [5.41, 5.74) is 1.01. The third kappa shape index (κ3) is 2.96. The Hall–Kier alpha value is -0.630. The molecule has 2 heteroatoms. The minimum absolute atomic E-state index is 0.154. The molecule has 0 aromatic carbocycles. The molecule has 0 aliphatic carbocycles. The summed E-state index contributed by atoms with van der Waals surface area (Å²) in [5.74, 6) is 0.205. The van der Waals surface area contributed by atoms with E-state index in [-0.39, 0.29) is 18.0 Å². The highest BCUT2D eigenvalue weighted by atomic mass is 16.5. The van der Waals surface area contributed by atoms with Gasteiger partial charge in [0.15, 0.2) is 5.78 Å². The van der Waals surface area contributed by atoms with Crippen molar-refractivity contribution in [3.8, 4) is 0 Å². The van der Waals surface area contributed by atoms with Crippen LogP contribution >= 0.6 is 0 Å². The molecule has 0 aromatic rings. The lowest BCUT2D eigenvalue weighted by atomic mass is 10.0. The van der Waals surface area contributed by atoms with Crippen molar-refractivity contribution in [2.45, 2.75) is 51.7 Å². The molecule has 0 spiro atoms. The largest absolute Gasteiger partial charge is 0.367 e. The lowest BCUT2D eigenvalue weighted by Gasteiger charge is -2.10. The summed E-state index contributed by atoms with van der Waals surface area (Å²) < 4.78 is 5.48. The molecule has 74 valence electrons. The van der Waals surface area contributed by atoms with Crippen molar-refractivity contribution in [2.24, 2.45) is 0 Å². The first-order valence-corrected chi connectivity index (χ1v) is 4.98. The van der Waals surface area contributed by atoms with E-state index in [0.29, 0.717) is 6.42 Å². The first-order valence-electron chi connectivity index (χ1n) is 4.98. The van der Waals surface area contributed by atoms with Crippen LogP contribution in [0.1, 0.15) is 39.5 Å². The number of ketones is 1. The summed E-state index contributed by atoms with van der Waals surface area (Å²) >= 11 is 0. The van der Waals surface area contributed by atoms with Crippen LogP contribution in [0, 0.1) is 0 Å². The maximum Gasteiger partial charge on any atom is 0.165 e. The van der Waals surface area contributed by atoms with Crippen LogP contribution in [0.3, 0.4) is 0 Å². The van der Waals surface area contributed by atoms with Gasteiger partial charge in [0, 0.05) is 6.42 Å². The summed E-state index contributed by atoms with van der Waals surface area (Å²) in [4.78, 5) is 11.6. The summed E-state index contributed by atoms with van der Waals surface area (Å²) in [5, 5.41) is 0. The van der Waals surface area contributed by atoms with Crippen LogP contribution in [0.25, 0.3) is 0 Å². The van der Waals surface area contributed by atoms with E-state index in [9.17, 15) is 4.79 Å². The van der Waals surface area contributed by atoms with Gasteiger partial charge >= 0.3 is 0 Å². The number of allylic oxidation sites excluding steroid dienone is 1. The van der Waals surface area contributed by atoms with Crippen LogP contribution in [-0.4, -0.2) is 18.0 Å². The smallest absolute Gasteiger partial charge is 0.165 e. The third-order valence-corrected chi connectivity index (χ3v) is 2.52. The van der Waals surface area contributed by atoms with Gasteiger partial charge in [0.25, 0.3) is 0 Å². The minimum Gasteiger partial charge on any atom is -0.367 e. The van der Waals surface area contributed by atoms with Gasteiger partial charge in [-0.1, -0.05) is 19.1 Å². The molecule has 0 N–H and O–H groups in total. The van der Waals surface area contributed by atoms with E-state index in [1.165, 1.54) is 0 Å². The van der Waals surface area contributed by atoms with Crippen molar-refractivity contribution in [3.05, 3.63) is 12.2 Å². The van der Waals surface area contributed by atoms with E-state index in [1.54, 1.807) is 0 Å². The predicted octanol–water partition coefficient (Wildman–Crippen LogP) is 2.48. The van der Waals surface area contributed by atoms with Crippen LogP contribution in [0.2, 0.25) is 0 Å². The van der Waals surface area contributed by atoms with Gasteiger partial charge < -0.3 is 4.74 Å². The van der Waals surface area contributed by atoms with Crippen LogP contribution in [0.15, 0.2) is 12.2 Å². The van der Waals surface area contributed by atoms with Crippen LogP contribution in [-0.2, 0) is 9.53 Å². The molecule has 1 heterocycles. The van der Waals surface area contributed by atoms with Crippen molar-refractivity contribution in [1.82, 2.24) is 0 Å². The number of Topliss-reactive ketones (excluding diaryl/α,β-unsaturated/α-hetero) is 1. The zero-order valence-corrected chi connectivity index (χ0v) is 8.51. The maximum atomic E-state index is 11.6. The monoisotopic (exact) mass is 182 g/mol.